The lowest BCUT2D eigenvalue weighted by Crippen LogP contribution is -2.35. The fourth-order valence-electron chi connectivity index (χ4n) is 2.42. The molecule has 0 aromatic carbocycles. The Labute approximate surface area is 126 Å². The average Bonchev–Trinajstić information content (AvgIpc) is 2.82. The van der Waals surface area contributed by atoms with Crippen LogP contribution in [0.2, 0.25) is 0 Å². The molecule has 0 saturated carbocycles. The Morgan fingerprint density at radius 2 is 1.65 bits per heavy atom. The smallest absolute Gasteiger partial charge is 0.0363 e. The van der Waals surface area contributed by atoms with E-state index >= 15 is 0 Å². The second-order valence-electron chi connectivity index (χ2n) is 6.92. The molecule has 0 amide bonds. The van der Waals surface area contributed by atoms with Crippen molar-refractivity contribution in [3.8, 4) is 0 Å². The summed E-state index contributed by atoms with van der Waals surface area (Å²) in [4.78, 5) is 0. The van der Waals surface area contributed by atoms with Crippen LogP contribution < -0.4 is 5.32 Å². The van der Waals surface area contributed by atoms with Crippen molar-refractivity contribution in [2.24, 2.45) is 0 Å². The molecule has 0 aliphatic carbocycles. The van der Waals surface area contributed by atoms with Gasteiger partial charge in [0.2, 0.25) is 0 Å². The lowest BCUT2D eigenvalue weighted by Gasteiger charge is -2.21. The number of nitrogens with zero attached hydrogens (tertiary/aromatic N) is 1. The van der Waals surface area contributed by atoms with Gasteiger partial charge in [-0.05, 0) is 39.3 Å². The molecule has 0 atom stereocenters. The van der Waals surface area contributed by atoms with Crippen LogP contribution in [-0.4, -0.2) is 10.1 Å². The Balaban J connectivity index is 2.19. The van der Waals surface area contributed by atoms with E-state index in [2.05, 4.69) is 55.9 Å². The van der Waals surface area contributed by atoms with Crippen LogP contribution in [-0.2, 0) is 13.1 Å². The molecule has 20 heavy (non-hydrogen) atoms. The number of aromatic nitrogens is 1. The van der Waals surface area contributed by atoms with Crippen LogP contribution in [0.25, 0.3) is 0 Å². The minimum atomic E-state index is 0.189. The van der Waals surface area contributed by atoms with Crippen molar-refractivity contribution in [3.05, 3.63) is 24.0 Å². The maximum Gasteiger partial charge on any atom is 0.0363 e. The molecule has 1 aromatic rings. The van der Waals surface area contributed by atoms with Gasteiger partial charge >= 0.3 is 0 Å². The Morgan fingerprint density at radius 1 is 1.00 bits per heavy atom. The predicted molar refractivity (Wildman–Crippen MR) is 89.0 cm³/mol. The van der Waals surface area contributed by atoms with E-state index in [-0.39, 0.29) is 5.54 Å². The van der Waals surface area contributed by atoms with E-state index in [0.29, 0.717) is 0 Å². The molecule has 0 aliphatic heterocycles. The number of hydrogen-bond acceptors (Lipinski definition) is 1. The number of nitrogens with one attached hydrogen (secondary N) is 1. The Hall–Kier alpha value is -0.760. The molecule has 0 spiro atoms. The highest BCUT2D eigenvalue weighted by Gasteiger charge is 2.09. The molecular formula is C18H34N2. The van der Waals surface area contributed by atoms with Crippen molar-refractivity contribution >= 4 is 0 Å². The van der Waals surface area contributed by atoms with Gasteiger partial charge in [0.25, 0.3) is 0 Å². The van der Waals surface area contributed by atoms with E-state index in [0.717, 1.165) is 6.54 Å². The van der Waals surface area contributed by atoms with Gasteiger partial charge in [0.15, 0.2) is 0 Å². The van der Waals surface area contributed by atoms with Crippen LogP contribution >= 0.6 is 0 Å². The highest BCUT2D eigenvalue weighted by Crippen LogP contribution is 2.10. The van der Waals surface area contributed by atoms with Gasteiger partial charge in [0, 0.05) is 30.5 Å². The maximum atomic E-state index is 3.57. The quantitative estimate of drug-likeness (QED) is 0.587. The van der Waals surface area contributed by atoms with Gasteiger partial charge in [-0.2, -0.15) is 0 Å². The van der Waals surface area contributed by atoms with Crippen LogP contribution in [0.5, 0.6) is 0 Å². The topological polar surface area (TPSA) is 17.0 Å². The van der Waals surface area contributed by atoms with Gasteiger partial charge in [-0.15, -0.1) is 0 Å². The molecular weight excluding hydrogens is 244 g/mol. The summed E-state index contributed by atoms with van der Waals surface area (Å²) < 4.78 is 2.41. The lowest BCUT2D eigenvalue weighted by atomic mass is 10.1. The van der Waals surface area contributed by atoms with Crippen molar-refractivity contribution in [1.82, 2.24) is 9.88 Å². The van der Waals surface area contributed by atoms with Crippen LogP contribution in [0.4, 0.5) is 0 Å². The number of rotatable bonds is 10. The fraction of sp³-hybridized carbons (Fsp3) is 0.778. The van der Waals surface area contributed by atoms with Gasteiger partial charge in [-0.1, -0.05) is 45.4 Å². The minimum absolute atomic E-state index is 0.189. The summed E-state index contributed by atoms with van der Waals surface area (Å²) in [6, 6.07) is 4.40. The van der Waals surface area contributed by atoms with Crippen molar-refractivity contribution in [2.45, 2.75) is 91.3 Å². The maximum absolute atomic E-state index is 3.57. The summed E-state index contributed by atoms with van der Waals surface area (Å²) in [5.74, 6) is 0. The standard InChI is InChI=1S/C18H34N2/c1-5-6-7-8-9-10-11-14-20-15-12-13-17(20)16-19-18(2,3)4/h12-13,15,19H,5-11,14,16H2,1-4H3. The van der Waals surface area contributed by atoms with Crippen molar-refractivity contribution in [3.63, 3.8) is 0 Å². The molecule has 1 aromatic heterocycles. The molecule has 0 fully saturated rings. The number of hydrogen-bond donors (Lipinski definition) is 1. The van der Waals surface area contributed by atoms with Crippen LogP contribution in [0.1, 0.15) is 78.3 Å². The Kier molecular flexibility index (Phi) is 7.98. The first-order chi connectivity index (χ1) is 9.53. The molecule has 116 valence electrons. The van der Waals surface area contributed by atoms with E-state index in [1.54, 1.807) is 0 Å². The molecule has 0 saturated heterocycles. The average molecular weight is 278 g/mol. The predicted octanol–water partition coefficient (Wildman–Crippen LogP) is 5.13. The van der Waals surface area contributed by atoms with E-state index in [4.69, 9.17) is 0 Å². The van der Waals surface area contributed by atoms with E-state index < -0.39 is 0 Å². The zero-order valence-electron chi connectivity index (χ0n) is 14.0. The number of unbranched alkanes of at least 4 members (excludes halogenated alkanes) is 6. The van der Waals surface area contributed by atoms with Gasteiger partial charge in [0.1, 0.15) is 0 Å². The van der Waals surface area contributed by atoms with E-state index in [9.17, 15) is 0 Å². The molecule has 1 N–H and O–H groups in total. The monoisotopic (exact) mass is 278 g/mol. The normalized spacial score (nSPS) is 12.0. The summed E-state index contributed by atoms with van der Waals surface area (Å²) in [6.45, 7) is 11.1. The van der Waals surface area contributed by atoms with Gasteiger partial charge in [-0.3, -0.25) is 0 Å². The van der Waals surface area contributed by atoms with Crippen molar-refractivity contribution in [1.29, 1.82) is 0 Å². The zero-order chi connectivity index (χ0) is 14.8. The fourth-order valence-corrected chi connectivity index (χ4v) is 2.42. The molecule has 1 heterocycles. The Morgan fingerprint density at radius 3 is 2.30 bits per heavy atom. The van der Waals surface area contributed by atoms with Gasteiger partial charge in [0.05, 0.1) is 0 Å². The number of aryl methyl sites for hydroxylation is 1. The summed E-state index contributed by atoms with van der Waals surface area (Å²) in [7, 11) is 0. The second-order valence-corrected chi connectivity index (χ2v) is 6.92. The second kappa shape index (κ2) is 9.23. The SMILES string of the molecule is CCCCCCCCCn1cccc1CNC(C)(C)C. The minimum Gasteiger partial charge on any atom is -0.350 e. The molecule has 2 nitrogen and oxygen atoms in total. The van der Waals surface area contributed by atoms with E-state index in [1.807, 2.05) is 0 Å². The first kappa shape index (κ1) is 17.3. The molecule has 0 bridgehead atoms. The van der Waals surface area contributed by atoms with Crippen molar-refractivity contribution in [2.75, 3.05) is 0 Å². The summed E-state index contributed by atoms with van der Waals surface area (Å²) in [5.41, 5.74) is 1.60. The largest absolute Gasteiger partial charge is 0.350 e. The van der Waals surface area contributed by atoms with Crippen LogP contribution in [0.15, 0.2) is 18.3 Å². The van der Waals surface area contributed by atoms with Crippen LogP contribution in [0, 0.1) is 0 Å². The first-order valence-corrected chi connectivity index (χ1v) is 8.42. The van der Waals surface area contributed by atoms with Crippen molar-refractivity contribution < 1.29 is 0 Å². The first-order valence-electron chi connectivity index (χ1n) is 8.42. The van der Waals surface area contributed by atoms with Gasteiger partial charge in [-0.25, -0.2) is 0 Å². The molecule has 1 rings (SSSR count). The summed E-state index contributed by atoms with van der Waals surface area (Å²) in [6.07, 6.45) is 11.9. The highest BCUT2D eigenvalue weighted by molar-refractivity contribution is 5.07. The van der Waals surface area contributed by atoms with Gasteiger partial charge < -0.3 is 9.88 Å². The molecule has 0 aliphatic rings. The third-order valence-corrected chi connectivity index (χ3v) is 3.73. The van der Waals surface area contributed by atoms with E-state index in [1.165, 1.54) is 57.2 Å². The summed E-state index contributed by atoms with van der Waals surface area (Å²) in [5, 5.41) is 3.57. The third kappa shape index (κ3) is 7.74. The zero-order valence-corrected chi connectivity index (χ0v) is 14.0. The molecule has 2 heteroatoms. The molecule has 0 unspecified atom stereocenters. The summed E-state index contributed by atoms with van der Waals surface area (Å²) >= 11 is 0. The van der Waals surface area contributed by atoms with Crippen LogP contribution in [0.3, 0.4) is 0 Å². The lowest BCUT2D eigenvalue weighted by molar-refractivity contribution is 0.414. The third-order valence-electron chi connectivity index (χ3n) is 3.73. The highest BCUT2D eigenvalue weighted by atomic mass is 15.0. The molecule has 0 radical (unpaired) electrons. The Bertz CT molecular complexity index is 347.